The predicted octanol–water partition coefficient (Wildman–Crippen LogP) is -0.521. The van der Waals surface area contributed by atoms with Gasteiger partial charge in [-0.3, -0.25) is 9.59 Å². The van der Waals surface area contributed by atoms with Gasteiger partial charge in [0.1, 0.15) is 6.04 Å². The van der Waals surface area contributed by atoms with Gasteiger partial charge < -0.3 is 20.7 Å². The molecule has 0 spiro atoms. The molecule has 6 nitrogen and oxygen atoms in total. The number of nitrogens with two attached hydrogens (primary N) is 1. The molecular formula is C13H23N3O3. The van der Waals surface area contributed by atoms with Gasteiger partial charge >= 0.3 is 0 Å². The Morgan fingerprint density at radius 3 is 2.74 bits per heavy atom. The molecule has 2 heterocycles. The number of primary amides is 1. The Hall–Kier alpha value is -1.14. The average molecular weight is 269 g/mol. The number of amides is 2. The van der Waals surface area contributed by atoms with E-state index in [1.54, 1.807) is 4.90 Å². The van der Waals surface area contributed by atoms with Gasteiger partial charge in [0.15, 0.2) is 0 Å². The lowest BCUT2D eigenvalue weighted by molar-refractivity contribution is -0.147. The highest BCUT2D eigenvalue weighted by Crippen LogP contribution is 2.19. The number of nitrogens with one attached hydrogen (secondary N) is 1. The molecule has 3 N–H and O–H groups in total. The van der Waals surface area contributed by atoms with Crippen molar-refractivity contribution in [2.45, 2.75) is 31.7 Å². The molecule has 2 amide bonds. The van der Waals surface area contributed by atoms with Gasteiger partial charge in [-0.25, -0.2) is 0 Å². The molecule has 2 fully saturated rings. The van der Waals surface area contributed by atoms with Gasteiger partial charge in [-0.15, -0.1) is 0 Å². The highest BCUT2D eigenvalue weighted by Gasteiger charge is 2.31. The summed E-state index contributed by atoms with van der Waals surface area (Å²) in [5, 5.41) is 3.31. The molecule has 0 saturated carbocycles. The Morgan fingerprint density at radius 2 is 2.05 bits per heavy atom. The van der Waals surface area contributed by atoms with E-state index in [1.807, 2.05) is 0 Å². The molecule has 6 heteroatoms. The van der Waals surface area contributed by atoms with Crippen LogP contribution in [0.5, 0.6) is 0 Å². The third-order valence-electron chi connectivity index (χ3n) is 4.00. The summed E-state index contributed by atoms with van der Waals surface area (Å²) in [6, 6.07) is -0.589. The van der Waals surface area contributed by atoms with Crippen LogP contribution in [0.2, 0.25) is 0 Å². The molecule has 0 bridgehead atoms. The molecule has 1 atom stereocenters. The van der Waals surface area contributed by atoms with Crippen LogP contribution in [0.4, 0.5) is 0 Å². The summed E-state index contributed by atoms with van der Waals surface area (Å²) in [6.07, 6.45) is 3.68. The Bertz CT molecular complexity index is 329. The van der Waals surface area contributed by atoms with E-state index in [1.165, 1.54) is 0 Å². The number of nitrogens with zero attached hydrogens (tertiary/aromatic N) is 1. The zero-order valence-electron chi connectivity index (χ0n) is 11.3. The second-order valence-electron chi connectivity index (χ2n) is 5.31. The molecule has 0 radical (unpaired) electrons. The van der Waals surface area contributed by atoms with Crippen molar-refractivity contribution in [3.05, 3.63) is 0 Å². The maximum atomic E-state index is 12.2. The summed E-state index contributed by atoms with van der Waals surface area (Å²) in [7, 11) is 0. The summed E-state index contributed by atoms with van der Waals surface area (Å²) in [6.45, 7) is 3.27. The fourth-order valence-electron chi connectivity index (χ4n) is 2.78. The first-order valence-electron chi connectivity index (χ1n) is 7.05. The first-order valence-corrected chi connectivity index (χ1v) is 7.05. The number of hydrogen-bond acceptors (Lipinski definition) is 4. The second-order valence-corrected chi connectivity index (χ2v) is 5.31. The lowest BCUT2D eigenvalue weighted by atomic mass is 9.93. The largest absolute Gasteiger partial charge is 0.377 e. The lowest BCUT2D eigenvalue weighted by Crippen LogP contribution is -2.54. The monoisotopic (exact) mass is 269 g/mol. The van der Waals surface area contributed by atoms with Crippen molar-refractivity contribution < 1.29 is 14.3 Å². The Kier molecular flexibility index (Phi) is 5.15. The smallest absolute Gasteiger partial charge is 0.242 e. The van der Waals surface area contributed by atoms with Crippen LogP contribution < -0.4 is 11.1 Å². The second kappa shape index (κ2) is 6.86. The first-order chi connectivity index (χ1) is 9.18. The minimum absolute atomic E-state index is 0.0330. The normalized spacial score (nSPS) is 25.3. The van der Waals surface area contributed by atoms with Gasteiger partial charge in [-0.05, 0) is 38.3 Å². The maximum absolute atomic E-state index is 12.2. The zero-order chi connectivity index (χ0) is 13.7. The van der Waals surface area contributed by atoms with Crippen molar-refractivity contribution in [2.75, 3.05) is 32.8 Å². The highest BCUT2D eigenvalue weighted by molar-refractivity contribution is 5.86. The van der Waals surface area contributed by atoms with Crippen LogP contribution in [0.15, 0.2) is 0 Å². The van der Waals surface area contributed by atoms with Crippen molar-refractivity contribution in [1.82, 2.24) is 10.2 Å². The van der Waals surface area contributed by atoms with Crippen LogP contribution in [0.3, 0.4) is 0 Å². The van der Waals surface area contributed by atoms with E-state index in [2.05, 4.69) is 5.32 Å². The number of carbonyl (C=O) groups is 2. The standard InChI is InChI=1S/C13H23N3O3/c14-13(18)11-9-19-8-7-16(11)12(17)2-1-10-3-5-15-6-4-10/h10-11,15H,1-9H2,(H2,14,18). The molecule has 0 aromatic heterocycles. The summed E-state index contributed by atoms with van der Waals surface area (Å²) >= 11 is 0. The van der Waals surface area contributed by atoms with Crippen molar-refractivity contribution in [3.8, 4) is 0 Å². The Balaban J connectivity index is 1.81. The molecule has 1 unspecified atom stereocenters. The molecule has 2 aliphatic heterocycles. The van der Waals surface area contributed by atoms with Crippen molar-refractivity contribution in [2.24, 2.45) is 11.7 Å². The van der Waals surface area contributed by atoms with Gasteiger partial charge in [-0.1, -0.05) is 0 Å². The molecule has 108 valence electrons. The fraction of sp³-hybridized carbons (Fsp3) is 0.846. The molecule has 2 rings (SSSR count). The van der Waals surface area contributed by atoms with Crippen LogP contribution >= 0.6 is 0 Å². The van der Waals surface area contributed by atoms with Crippen molar-refractivity contribution >= 4 is 11.8 Å². The van der Waals surface area contributed by atoms with Crippen LogP contribution in [-0.2, 0) is 14.3 Å². The van der Waals surface area contributed by atoms with Crippen LogP contribution in [0, 0.1) is 5.92 Å². The average Bonchev–Trinajstić information content (AvgIpc) is 2.46. The van der Waals surface area contributed by atoms with Gasteiger partial charge in [0, 0.05) is 13.0 Å². The summed E-state index contributed by atoms with van der Waals surface area (Å²) in [5.41, 5.74) is 5.31. The van der Waals surface area contributed by atoms with Crippen molar-refractivity contribution in [3.63, 3.8) is 0 Å². The van der Waals surface area contributed by atoms with E-state index in [4.69, 9.17) is 10.5 Å². The number of ether oxygens (including phenoxy) is 1. The maximum Gasteiger partial charge on any atom is 0.242 e. The number of piperidine rings is 1. The number of hydrogen-bond donors (Lipinski definition) is 2. The van der Waals surface area contributed by atoms with E-state index in [-0.39, 0.29) is 12.5 Å². The van der Waals surface area contributed by atoms with E-state index in [0.717, 1.165) is 32.4 Å². The highest BCUT2D eigenvalue weighted by atomic mass is 16.5. The molecule has 0 aliphatic carbocycles. The Labute approximate surface area is 113 Å². The van der Waals surface area contributed by atoms with Gasteiger partial charge in [0.05, 0.1) is 13.2 Å². The third kappa shape index (κ3) is 3.91. The summed E-state index contributed by atoms with van der Waals surface area (Å²) < 4.78 is 5.22. The first kappa shape index (κ1) is 14.3. The number of morpholine rings is 1. The zero-order valence-corrected chi connectivity index (χ0v) is 11.3. The van der Waals surface area contributed by atoms with Gasteiger partial charge in [0.25, 0.3) is 0 Å². The number of carbonyl (C=O) groups excluding carboxylic acids is 2. The van der Waals surface area contributed by atoms with Gasteiger partial charge in [0.2, 0.25) is 11.8 Å². The third-order valence-corrected chi connectivity index (χ3v) is 4.00. The fourth-order valence-corrected chi connectivity index (χ4v) is 2.78. The van der Waals surface area contributed by atoms with E-state index in [9.17, 15) is 9.59 Å². The van der Waals surface area contributed by atoms with Gasteiger partial charge in [-0.2, -0.15) is 0 Å². The van der Waals surface area contributed by atoms with E-state index < -0.39 is 11.9 Å². The van der Waals surface area contributed by atoms with Crippen LogP contribution in [-0.4, -0.2) is 55.6 Å². The SMILES string of the molecule is NC(=O)C1COCCN1C(=O)CCC1CCNCC1. The summed E-state index contributed by atoms with van der Waals surface area (Å²) in [5.74, 6) is 0.179. The topological polar surface area (TPSA) is 84.7 Å². The minimum atomic E-state index is -0.589. The lowest BCUT2D eigenvalue weighted by Gasteiger charge is -2.34. The Morgan fingerprint density at radius 1 is 1.32 bits per heavy atom. The minimum Gasteiger partial charge on any atom is -0.377 e. The molecule has 0 aromatic rings. The van der Waals surface area contributed by atoms with Crippen LogP contribution in [0.25, 0.3) is 0 Å². The molecule has 2 aliphatic rings. The number of rotatable bonds is 4. The molecule has 19 heavy (non-hydrogen) atoms. The molecular weight excluding hydrogens is 246 g/mol. The van der Waals surface area contributed by atoms with Crippen LogP contribution in [0.1, 0.15) is 25.7 Å². The summed E-state index contributed by atoms with van der Waals surface area (Å²) in [4.78, 5) is 25.1. The molecule has 2 saturated heterocycles. The molecule has 0 aromatic carbocycles. The van der Waals surface area contributed by atoms with E-state index in [0.29, 0.717) is 25.5 Å². The van der Waals surface area contributed by atoms with Crippen molar-refractivity contribution in [1.29, 1.82) is 0 Å². The quantitative estimate of drug-likeness (QED) is 0.719. The predicted molar refractivity (Wildman–Crippen MR) is 70.3 cm³/mol. The van der Waals surface area contributed by atoms with E-state index >= 15 is 0 Å².